The van der Waals surface area contributed by atoms with Gasteiger partial charge in [-0.25, -0.2) is 0 Å². The SMILES string of the molecule is CN=C(NCc1ccccc1OC1CCCC1)N1CCC2(CCOC2)C1. The molecule has 1 aliphatic carbocycles. The predicted octanol–water partition coefficient (Wildman–Crippen LogP) is 3.20. The first-order chi connectivity index (χ1) is 12.8. The van der Waals surface area contributed by atoms with E-state index < -0.39 is 0 Å². The number of guanidine groups is 1. The zero-order valence-corrected chi connectivity index (χ0v) is 15.9. The van der Waals surface area contributed by atoms with Gasteiger partial charge in [-0.3, -0.25) is 4.99 Å². The third-order valence-corrected chi connectivity index (χ3v) is 6.14. The fourth-order valence-corrected chi connectivity index (χ4v) is 4.54. The summed E-state index contributed by atoms with van der Waals surface area (Å²) < 4.78 is 11.9. The molecule has 4 rings (SSSR count). The van der Waals surface area contributed by atoms with E-state index in [1.807, 2.05) is 7.05 Å². The van der Waals surface area contributed by atoms with Gasteiger partial charge in [-0.1, -0.05) is 18.2 Å². The van der Waals surface area contributed by atoms with Crippen LogP contribution in [0.25, 0.3) is 0 Å². The van der Waals surface area contributed by atoms with Gasteiger partial charge < -0.3 is 19.7 Å². The summed E-state index contributed by atoms with van der Waals surface area (Å²) in [6.45, 7) is 4.66. The van der Waals surface area contributed by atoms with Gasteiger partial charge in [-0.15, -0.1) is 0 Å². The minimum absolute atomic E-state index is 0.348. The molecule has 5 heteroatoms. The van der Waals surface area contributed by atoms with Crippen LogP contribution in [0.3, 0.4) is 0 Å². The van der Waals surface area contributed by atoms with E-state index in [2.05, 4.69) is 39.5 Å². The molecule has 0 bridgehead atoms. The average Bonchev–Trinajstić information content (AvgIpc) is 3.41. The van der Waals surface area contributed by atoms with Crippen molar-refractivity contribution in [2.24, 2.45) is 10.4 Å². The first-order valence-corrected chi connectivity index (χ1v) is 10.1. The third-order valence-electron chi connectivity index (χ3n) is 6.14. The van der Waals surface area contributed by atoms with E-state index in [4.69, 9.17) is 9.47 Å². The zero-order chi connectivity index (χ0) is 17.8. The van der Waals surface area contributed by atoms with E-state index in [-0.39, 0.29) is 0 Å². The molecule has 1 atom stereocenters. The van der Waals surface area contributed by atoms with Crippen LogP contribution in [0.2, 0.25) is 0 Å². The molecule has 3 fully saturated rings. The molecule has 3 aliphatic rings. The smallest absolute Gasteiger partial charge is 0.193 e. The average molecular weight is 357 g/mol. The molecule has 26 heavy (non-hydrogen) atoms. The van der Waals surface area contributed by atoms with Gasteiger partial charge in [0, 0.05) is 44.3 Å². The Balaban J connectivity index is 1.37. The van der Waals surface area contributed by atoms with E-state index in [0.717, 1.165) is 44.6 Å². The monoisotopic (exact) mass is 357 g/mol. The first-order valence-electron chi connectivity index (χ1n) is 10.1. The molecule has 1 saturated carbocycles. The lowest BCUT2D eigenvalue weighted by Crippen LogP contribution is -2.41. The van der Waals surface area contributed by atoms with E-state index >= 15 is 0 Å². The Labute approximate surface area is 156 Å². The van der Waals surface area contributed by atoms with Crippen LogP contribution in [0.1, 0.15) is 44.1 Å². The molecule has 1 unspecified atom stereocenters. The number of para-hydroxylation sites is 1. The summed E-state index contributed by atoms with van der Waals surface area (Å²) in [5.41, 5.74) is 1.56. The van der Waals surface area contributed by atoms with E-state index in [1.54, 1.807) is 0 Å². The van der Waals surface area contributed by atoms with Crippen LogP contribution in [-0.2, 0) is 11.3 Å². The summed E-state index contributed by atoms with van der Waals surface area (Å²) in [5.74, 6) is 2.01. The van der Waals surface area contributed by atoms with Gasteiger partial charge in [-0.05, 0) is 44.6 Å². The highest BCUT2D eigenvalue weighted by Gasteiger charge is 2.42. The Hall–Kier alpha value is -1.75. The minimum atomic E-state index is 0.348. The second kappa shape index (κ2) is 7.87. The van der Waals surface area contributed by atoms with Crippen LogP contribution in [0.4, 0.5) is 0 Å². The molecule has 0 amide bonds. The summed E-state index contributed by atoms with van der Waals surface area (Å²) in [6.07, 6.45) is 7.71. The molecule has 142 valence electrons. The van der Waals surface area contributed by atoms with Crippen molar-refractivity contribution in [3.8, 4) is 5.75 Å². The van der Waals surface area contributed by atoms with E-state index in [9.17, 15) is 0 Å². The Morgan fingerprint density at radius 1 is 1.31 bits per heavy atom. The predicted molar refractivity (Wildman–Crippen MR) is 104 cm³/mol. The number of ether oxygens (including phenoxy) is 2. The van der Waals surface area contributed by atoms with E-state index in [0.29, 0.717) is 11.5 Å². The van der Waals surface area contributed by atoms with Crippen molar-refractivity contribution in [2.45, 2.75) is 51.2 Å². The van der Waals surface area contributed by atoms with Crippen LogP contribution in [0, 0.1) is 5.41 Å². The number of nitrogens with zero attached hydrogens (tertiary/aromatic N) is 2. The van der Waals surface area contributed by atoms with Crippen molar-refractivity contribution >= 4 is 5.96 Å². The van der Waals surface area contributed by atoms with Crippen molar-refractivity contribution in [3.05, 3.63) is 29.8 Å². The molecule has 5 nitrogen and oxygen atoms in total. The number of likely N-dealkylation sites (tertiary alicyclic amines) is 1. The molecule has 1 N–H and O–H groups in total. The molecular formula is C21H31N3O2. The highest BCUT2D eigenvalue weighted by molar-refractivity contribution is 5.80. The quantitative estimate of drug-likeness (QED) is 0.664. The Morgan fingerprint density at radius 2 is 2.15 bits per heavy atom. The van der Waals surface area contributed by atoms with Crippen LogP contribution in [-0.4, -0.2) is 50.3 Å². The second-order valence-corrected chi connectivity index (χ2v) is 8.01. The number of nitrogens with one attached hydrogen (secondary N) is 1. The lowest BCUT2D eigenvalue weighted by Gasteiger charge is -2.25. The van der Waals surface area contributed by atoms with Crippen LogP contribution < -0.4 is 10.1 Å². The molecular weight excluding hydrogens is 326 g/mol. The summed E-state index contributed by atoms with van der Waals surface area (Å²) in [6, 6.07) is 8.40. The topological polar surface area (TPSA) is 46.1 Å². The van der Waals surface area contributed by atoms with Crippen LogP contribution >= 0.6 is 0 Å². The maximum atomic E-state index is 6.26. The molecule has 1 spiro atoms. The van der Waals surface area contributed by atoms with Gasteiger partial charge in [0.25, 0.3) is 0 Å². The lowest BCUT2D eigenvalue weighted by atomic mass is 9.87. The normalized spacial score (nSPS) is 26.8. The van der Waals surface area contributed by atoms with Crippen molar-refractivity contribution in [1.82, 2.24) is 10.2 Å². The number of hydrogen-bond donors (Lipinski definition) is 1. The third kappa shape index (κ3) is 3.83. The Kier molecular flexibility index (Phi) is 5.34. The molecule has 1 aromatic rings. The Morgan fingerprint density at radius 3 is 2.92 bits per heavy atom. The van der Waals surface area contributed by atoms with Gasteiger partial charge in [0.15, 0.2) is 5.96 Å². The Bertz CT molecular complexity index is 634. The van der Waals surface area contributed by atoms with Gasteiger partial charge in [0.05, 0.1) is 12.7 Å². The molecule has 0 radical (unpaired) electrons. The summed E-state index contributed by atoms with van der Waals surface area (Å²) in [4.78, 5) is 6.91. The fraction of sp³-hybridized carbons (Fsp3) is 0.667. The highest BCUT2D eigenvalue weighted by atomic mass is 16.5. The van der Waals surface area contributed by atoms with Gasteiger partial charge in [-0.2, -0.15) is 0 Å². The highest BCUT2D eigenvalue weighted by Crippen LogP contribution is 2.38. The maximum absolute atomic E-state index is 6.26. The van der Waals surface area contributed by atoms with Crippen molar-refractivity contribution in [1.29, 1.82) is 0 Å². The van der Waals surface area contributed by atoms with Gasteiger partial charge in [0.1, 0.15) is 5.75 Å². The minimum Gasteiger partial charge on any atom is -0.490 e. The summed E-state index contributed by atoms with van der Waals surface area (Å²) >= 11 is 0. The maximum Gasteiger partial charge on any atom is 0.193 e. The number of benzene rings is 1. The number of rotatable bonds is 4. The van der Waals surface area contributed by atoms with Gasteiger partial charge >= 0.3 is 0 Å². The summed E-state index contributed by atoms with van der Waals surface area (Å²) in [5, 5.41) is 3.55. The molecule has 2 aliphatic heterocycles. The van der Waals surface area contributed by atoms with Gasteiger partial charge in [0.2, 0.25) is 0 Å². The molecule has 2 heterocycles. The molecule has 2 saturated heterocycles. The molecule has 0 aromatic heterocycles. The number of hydrogen-bond acceptors (Lipinski definition) is 3. The standard InChI is InChI=1S/C21H31N3O2/c1-22-20(24-12-10-21(15-24)11-13-25-16-21)23-14-17-6-2-5-9-19(17)26-18-7-3-4-8-18/h2,5-6,9,18H,3-4,7-8,10-16H2,1H3,(H,22,23). The summed E-state index contributed by atoms with van der Waals surface area (Å²) in [7, 11) is 1.87. The van der Waals surface area contributed by atoms with Crippen molar-refractivity contribution in [2.75, 3.05) is 33.4 Å². The fourth-order valence-electron chi connectivity index (χ4n) is 4.54. The van der Waals surface area contributed by atoms with Crippen LogP contribution in [0.15, 0.2) is 29.3 Å². The van der Waals surface area contributed by atoms with Crippen molar-refractivity contribution in [3.63, 3.8) is 0 Å². The van der Waals surface area contributed by atoms with Crippen molar-refractivity contribution < 1.29 is 9.47 Å². The van der Waals surface area contributed by atoms with E-state index in [1.165, 1.54) is 44.1 Å². The second-order valence-electron chi connectivity index (χ2n) is 8.01. The largest absolute Gasteiger partial charge is 0.490 e. The lowest BCUT2D eigenvalue weighted by molar-refractivity contribution is 0.156. The molecule has 1 aromatic carbocycles. The number of aliphatic imine (C=N–C) groups is 1. The van der Waals surface area contributed by atoms with Crippen LogP contribution in [0.5, 0.6) is 5.75 Å². The zero-order valence-electron chi connectivity index (χ0n) is 15.9. The first kappa shape index (κ1) is 17.7.